The maximum atomic E-state index is 14.7. The third-order valence-electron chi connectivity index (χ3n) is 11.2. The second-order valence-electron chi connectivity index (χ2n) is 15.5. The Morgan fingerprint density at radius 2 is 1.76 bits per heavy atom. The van der Waals surface area contributed by atoms with Gasteiger partial charge in [0, 0.05) is 43.7 Å². The Kier molecular flexibility index (Phi) is 9.10. The van der Waals surface area contributed by atoms with E-state index in [0.717, 1.165) is 56.1 Å². The van der Waals surface area contributed by atoms with E-state index in [9.17, 15) is 29.4 Å². The maximum absolute atomic E-state index is 14.7. The van der Waals surface area contributed by atoms with Gasteiger partial charge in [-0.1, -0.05) is 50.5 Å². The van der Waals surface area contributed by atoms with E-state index in [-0.39, 0.29) is 36.2 Å². The molecule has 11 heteroatoms. The number of piperidine rings is 1. The number of rotatable bonds is 8. The van der Waals surface area contributed by atoms with Crippen molar-refractivity contribution in [1.29, 1.82) is 0 Å². The van der Waals surface area contributed by atoms with Crippen molar-refractivity contribution < 1.29 is 29.4 Å². The van der Waals surface area contributed by atoms with E-state index < -0.39 is 41.8 Å². The van der Waals surface area contributed by atoms with Gasteiger partial charge in [-0.25, -0.2) is 4.79 Å². The van der Waals surface area contributed by atoms with Crippen LogP contribution in [0.1, 0.15) is 89.8 Å². The molecule has 2 saturated heterocycles. The van der Waals surface area contributed by atoms with E-state index >= 15 is 0 Å². The fourth-order valence-electron chi connectivity index (χ4n) is 8.55. The molecule has 4 N–H and O–H groups in total. The Hall–Kier alpha value is -3.18. The highest BCUT2D eigenvalue weighted by atomic mass is 16.4. The molecule has 11 nitrogen and oxygen atoms in total. The average molecular weight is 638 g/mol. The van der Waals surface area contributed by atoms with Gasteiger partial charge in [0.15, 0.2) is 0 Å². The molecule has 2 saturated carbocycles. The van der Waals surface area contributed by atoms with Crippen LogP contribution >= 0.6 is 0 Å². The number of carboxylic acid groups (broad SMARTS) is 1. The van der Waals surface area contributed by atoms with Crippen molar-refractivity contribution in [3.8, 4) is 0 Å². The molecule has 2 heterocycles. The molecule has 1 aromatic carbocycles. The van der Waals surface area contributed by atoms with Crippen molar-refractivity contribution in [3.63, 3.8) is 0 Å². The molecule has 0 bridgehead atoms. The summed E-state index contributed by atoms with van der Waals surface area (Å²) < 4.78 is 0. The van der Waals surface area contributed by atoms with Crippen molar-refractivity contribution in [1.82, 2.24) is 25.3 Å². The third kappa shape index (κ3) is 6.50. The number of fused-ring (bicyclic) bond motifs is 4. The zero-order valence-corrected chi connectivity index (χ0v) is 27.7. The van der Waals surface area contributed by atoms with Gasteiger partial charge >= 0.3 is 6.09 Å². The summed E-state index contributed by atoms with van der Waals surface area (Å²) in [6.45, 7) is 7.96. The number of benzene rings is 1. The highest BCUT2D eigenvalue weighted by Gasteiger charge is 2.57. The Balaban J connectivity index is 1.24. The summed E-state index contributed by atoms with van der Waals surface area (Å²) in [4.78, 5) is 59.9. The minimum Gasteiger partial charge on any atom is -0.465 e. The van der Waals surface area contributed by atoms with Gasteiger partial charge in [-0.3, -0.25) is 19.3 Å². The molecule has 0 spiro atoms. The summed E-state index contributed by atoms with van der Waals surface area (Å²) in [7, 11) is 0. The molecule has 4 amide bonds. The van der Waals surface area contributed by atoms with E-state index in [4.69, 9.17) is 0 Å². The third-order valence-corrected chi connectivity index (χ3v) is 11.2. The van der Waals surface area contributed by atoms with Gasteiger partial charge in [-0.05, 0) is 69.4 Å². The van der Waals surface area contributed by atoms with Gasteiger partial charge in [0.05, 0.1) is 18.1 Å². The van der Waals surface area contributed by atoms with E-state index in [1.54, 1.807) is 32.6 Å². The van der Waals surface area contributed by atoms with E-state index in [1.165, 1.54) is 4.90 Å². The maximum Gasteiger partial charge on any atom is 0.407 e. The first-order chi connectivity index (χ1) is 21.8. The molecule has 0 aromatic heterocycles. The summed E-state index contributed by atoms with van der Waals surface area (Å²) in [5.41, 5.74) is 1.24. The Labute approximate surface area is 272 Å². The fourth-order valence-corrected chi connectivity index (χ4v) is 8.55. The summed E-state index contributed by atoms with van der Waals surface area (Å²) in [5, 5.41) is 26.9. The van der Waals surface area contributed by atoms with Crippen molar-refractivity contribution in [2.24, 2.45) is 17.8 Å². The molecule has 46 heavy (non-hydrogen) atoms. The number of hydrogen-bond donors (Lipinski definition) is 4. The van der Waals surface area contributed by atoms with Crippen LogP contribution in [0.2, 0.25) is 0 Å². The zero-order valence-electron chi connectivity index (χ0n) is 27.7. The average Bonchev–Trinajstić information content (AvgIpc) is 3.59. The lowest BCUT2D eigenvalue weighted by Crippen LogP contribution is -2.67. The van der Waals surface area contributed by atoms with Crippen molar-refractivity contribution in [3.05, 3.63) is 35.4 Å². The van der Waals surface area contributed by atoms with Gasteiger partial charge in [-0.15, -0.1) is 0 Å². The Morgan fingerprint density at radius 3 is 2.46 bits per heavy atom. The second-order valence-corrected chi connectivity index (χ2v) is 15.5. The SMILES string of the molecule is C[C@@H](CN(C(=O)O)C(C)(C)C)C(=O)N[C@H](C(=O)N1C[C@H]2C[C@H]3C[C@H]3N2C[C@H]1C(=O)N[C@H]1c2ccccc2C[C@@H]1O)C1CCCCC1. The standard InChI is InChI=1S/C35H51N5O6/c1-20(17-40(34(45)46)35(2,3)4)31(42)36-29(21-10-6-5-7-11-21)33(44)39-18-24-14-23-15-26(23)38(24)19-27(39)32(43)37-30-25-13-9-8-12-22(25)16-28(30)41/h8-9,12-13,20-21,23-24,26-30,41H,5-7,10-11,14-19H2,1-4H3,(H,36,42)(H,37,43)(H,45,46)/t20-,23-,24+,26+,27-,28-,29-,30-/m0/s1. The van der Waals surface area contributed by atoms with Crippen molar-refractivity contribution >= 4 is 23.8 Å². The van der Waals surface area contributed by atoms with Crippen LogP contribution in [-0.2, 0) is 20.8 Å². The van der Waals surface area contributed by atoms with Crippen molar-refractivity contribution in [2.45, 2.75) is 121 Å². The summed E-state index contributed by atoms with van der Waals surface area (Å²) in [6, 6.07) is 6.32. The number of aliphatic hydroxyl groups is 1. The molecule has 1 aromatic rings. The van der Waals surface area contributed by atoms with Crippen LogP contribution < -0.4 is 10.6 Å². The second kappa shape index (κ2) is 12.8. The number of amides is 4. The highest BCUT2D eigenvalue weighted by Crippen LogP contribution is 2.49. The Morgan fingerprint density at radius 1 is 1.04 bits per heavy atom. The number of carbonyl (C=O) groups is 4. The predicted octanol–water partition coefficient (Wildman–Crippen LogP) is 2.91. The van der Waals surface area contributed by atoms with Crippen LogP contribution in [0.15, 0.2) is 24.3 Å². The summed E-state index contributed by atoms with van der Waals surface area (Å²) >= 11 is 0. The van der Waals surface area contributed by atoms with Gasteiger partial charge in [0.2, 0.25) is 17.7 Å². The van der Waals surface area contributed by atoms with Crippen LogP contribution in [0.3, 0.4) is 0 Å². The Bertz CT molecular complexity index is 1340. The van der Waals surface area contributed by atoms with Crippen LogP contribution in [0.4, 0.5) is 4.79 Å². The lowest BCUT2D eigenvalue weighted by atomic mass is 9.82. The molecule has 4 fully saturated rings. The molecule has 5 aliphatic rings. The summed E-state index contributed by atoms with van der Waals surface area (Å²) in [5.74, 6) is -0.977. The fraction of sp³-hybridized carbons (Fsp3) is 0.714. The number of piperazine rings is 1. The van der Waals surface area contributed by atoms with Crippen LogP contribution in [0.5, 0.6) is 0 Å². The minimum absolute atomic E-state index is 0.00991. The quantitative estimate of drug-likeness (QED) is 0.343. The number of hydrogen-bond acceptors (Lipinski definition) is 6. The first kappa shape index (κ1) is 32.7. The van der Waals surface area contributed by atoms with E-state index in [2.05, 4.69) is 15.5 Å². The molecule has 3 aliphatic carbocycles. The molecule has 6 rings (SSSR count). The molecule has 8 atom stereocenters. The molecular weight excluding hydrogens is 586 g/mol. The molecule has 0 radical (unpaired) electrons. The van der Waals surface area contributed by atoms with E-state index in [1.807, 2.05) is 24.3 Å². The van der Waals surface area contributed by atoms with Crippen LogP contribution in [0.25, 0.3) is 0 Å². The first-order valence-electron chi connectivity index (χ1n) is 17.3. The predicted molar refractivity (Wildman–Crippen MR) is 172 cm³/mol. The topological polar surface area (TPSA) is 143 Å². The van der Waals surface area contributed by atoms with Gasteiger partial charge in [-0.2, -0.15) is 0 Å². The lowest BCUT2D eigenvalue weighted by molar-refractivity contribution is -0.150. The monoisotopic (exact) mass is 637 g/mol. The highest BCUT2D eigenvalue weighted by molar-refractivity contribution is 5.93. The first-order valence-corrected chi connectivity index (χ1v) is 17.3. The number of nitrogens with one attached hydrogen (secondary N) is 2. The summed E-state index contributed by atoms with van der Waals surface area (Å²) in [6.07, 6.45) is 5.42. The van der Waals surface area contributed by atoms with Gasteiger partial charge in [0.1, 0.15) is 12.1 Å². The number of nitrogens with zero attached hydrogens (tertiary/aromatic N) is 3. The minimum atomic E-state index is -1.09. The molecule has 252 valence electrons. The smallest absolute Gasteiger partial charge is 0.407 e. The van der Waals surface area contributed by atoms with Crippen molar-refractivity contribution in [2.75, 3.05) is 19.6 Å². The largest absolute Gasteiger partial charge is 0.465 e. The molecule has 0 unspecified atom stereocenters. The van der Waals surface area contributed by atoms with Crippen LogP contribution in [0, 0.1) is 17.8 Å². The molecule has 2 aliphatic heterocycles. The van der Waals surface area contributed by atoms with Crippen LogP contribution in [-0.4, -0.2) is 104 Å². The van der Waals surface area contributed by atoms with E-state index in [0.29, 0.717) is 31.5 Å². The van der Waals surface area contributed by atoms with Gasteiger partial charge < -0.3 is 30.6 Å². The normalized spacial score (nSPS) is 30.4. The zero-order chi connectivity index (χ0) is 32.9. The number of aliphatic hydroxyl groups excluding tert-OH is 1. The number of carbonyl (C=O) groups excluding carboxylic acids is 3. The lowest BCUT2D eigenvalue weighted by Gasteiger charge is -2.46. The van der Waals surface area contributed by atoms with Gasteiger partial charge in [0.25, 0.3) is 0 Å². The molecular formula is C35H51N5O6.